The van der Waals surface area contributed by atoms with Gasteiger partial charge in [-0.15, -0.1) is 11.3 Å². The summed E-state index contributed by atoms with van der Waals surface area (Å²) in [7, 11) is 0. The van der Waals surface area contributed by atoms with Gasteiger partial charge in [0.25, 0.3) is 0 Å². The van der Waals surface area contributed by atoms with Crippen molar-refractivity contribution in [3.8, 4) is 22.6 Å². The van der Waals surface area contributed by atoms with Gasteiger partial charge in [-0.2, -0.15) is 5.10 Å². The molecule has 31 heavy (non-hydrogen) atoms. The maximum atomic E-state index is 12.5. The van der Waals surface area contributed by atoms with Crippen LogP contribution in [0.1, 0.15) is 24.5 Å². The van der Waals surface area contributed by atoms with Crippen LogP contribution in [-0.2, 0) is 17.8 Å². The largest absolute Gasteiger partial charge is 0.302 e. The van der Waals surface area contributed by atoms with E-state index in [0.29, 0.717) is 16.4 Å². The van der Waals surface area contributed by atoms with Gasteiger partial charge in [0.05, 0.1) is 5.69 Å². The Morgan fingerprint density at radius 2 is 2.00 bits per heavy atom. The van der Waals surface area contributed by atoms with Crippen molar-refractivity contribution in [2.75, 3.05) is 5.32 Å². The van der Waals surface area contributed by atoms with E-state index in [-0.39, 0.29) is 12.3 Å². The Kier molecular flexibility index (Phi) is 6.39. The van der Waals surface area contributed by atoms with E-state index in [1.807, 2.05) is 41.1 Å². The molecule has 0 saturated heterocycles. The van der Waals surface area contributed by atoms with E-state index in [1.165, 1.54) is 16.9 Å². The lowest BCUT2D eigenvalue weighted by Crippen LogP contribution is -2.15. The van der Waals surface area contributed by atoms with Crippen LogP contribution in [0, 0.1) is 11.7 Å². The highest BCUT2D eigenvalue weighted by atomic mass is 32.1. The number of carbonyl (C=O) groups excluding carboxylic acids is 1. The Hall–Kier alpha value is -3.10. The smallest absolute Gasteiger partial charge is 0.227 e. The van der Waals surface area contributed by atoms with E-state index in [9.17, 15) is 4.79 Å². The molecule has 0 saturated carbocycles. The number of benzene rings is 2. The average Bonchev–Trinajstić information content (AvgIpc) is 3.39. The van der Waals surface area contributed by atoms with Gasteiger partial charge in [0, 0.05) is 29.5 Å². The van der Waals surface area contributed by atoms with Gasteiger partial charge in [-0.05, 0) is 37.2 Å². The second kappa shape index (κ2) is 9.36. The molecule has 0 bridgehead atoms. The zero-order chi connectivity index (χ0) is 21.8. The van der Waals surface area contributed by atoms with Crippen LogP contribution in [0.15, 0.2) is 53.9 Å². The summed E-state index contributed by atoms with van der Waals surface area (Å²) in [5.41, 5.74) is 5.30. The van der Waals surface area contributed by atoms with Crippen LogP contribution in [0.4, 0.5) is 5.13 Å². The fourth-order valence-electron chi connectivity index (χ4n) is 3.30. The third-order valence-electron chi connectivity index (χ3n) is 5.01. The van der Waals surface area contributed by atoms with E-state index < -0.39 is 0 Å². The fraction of sp³-hybridized carbons (Fsp3) is 0.217. The summed E-state index contributed by atoms with van der Waals surface area (Å²) in [5.74, 6) is 0.620. The summed E-state index contributed by atoms with van der Waals surface area (Å²) in [6.07, 6.45) is 1.28. The molecule has 2 N–H and O–H groups in total. The molecule has 6 nitrogen and oxygen atoms in total. The Balaban J connectivity index is 1.41. The number of aromatic amines is 1. The molecule has 0 aliphatic rings. The molecule has 2 aromatic carbocycles. The monoisotopic (exact) mass is 449 g/mol. The summed E-state index contributed by atoms with van der Waals surface area (Å²) < 4.78 is 2.35. The first-order chi connectivity index (χ1) is 15.0. The number of H-pyrrole nitrogens is 1. The average molecular weight is 450 g/mol. The maximum Gasteiger partial charge on any atom is 0.227 e. The number of nitrogens with zero attached hydrogens (tertiary/aromatic N) is 3. The molecular weight excluding hydrogens is 426 g/mol. The summed E-state index contributed by atoms with van der Waals surface area (Å²) in [5, 5.41) is 12.6. The van der Waals surface area contributed by atoms with E-state index in [0.717, 1.165) is 34.6 Å². The molecule has 0 aliphatic carbocycles. The molecule has 0 radical (unpaired) electrons. The van der Waals surface area contributed by atoms with Crippen molar-refractivity contribution in [2.24, 2.45) is 0 Å². The van der Waals surface area contributed by atoms with Crippen molar-refractivity contribution >= 4 is 34.6 Å². The minimum absolute atomic E-state index is 0.111. The standard InChI is InChI=1S/C23H23N5OS2/c1-3-16-7-9-17(10-8-16)19-14-31-22(24-19)25-20(29)11-12-28-21(26-27-23(28)30)18-6-4-5-15(2)13-18/h4-10,13-14H,3,11-12H2,1-2H3,(H,27,30)(H,24,25,29). The second-order valence-corrected chi connectivity index (χ2v) is 8.50. The molecule has 0 spiro atoms. The normalized spacial score (nSPS) is 10.9. The van der Waals surface area contributed by atoms with E-state index in [2.05, 4.69) is 51.7 Å². The van der Waals surface area contributed by atoms with Crippen molar-refractivity contribution in [1.82, 2.24) is 19.7 Å². The van der Waals surface area contributed by atoms with Crippen molar-refractivity contribution in [1.29, 1.82) is 0 Å². The second-order valence-electron chi connectivity index (χ2n) is 7.26. The number of hydrogen-bond donors (Lipinski definition) is 2. The van der Waals surface area contributed by atoms with Crippen molar-refractivity contribution in [3.63, 3.8) is 0 Å². The molecule has 4 rings (SSSR count). The first-order valence-corrected chi connectivity index (χ1v) is 11.4. The lowest BCUT2D eigenvalue weighted by molar-refractivity contribution is -0.116. The predicted molar refractivity (Wildman–Crippen MR) is 128 cm³/mol. The van der Waals surface area contributed by atoms with Crippen LogP contribution in [0.5, 0.6) is 0 Å². The number of nitrogens with one attached hydrogen (secondary N) is 2. The van der Waals surface area contributed by atoms with Gasteiger partial charge in [-0.1, -0.05) is 55.0 Å². The zero-order valence-corrected chi connectivity index (χ0v) is 19.0. The number of hydrogen-bond acceptors (Lipinski definition) is 5. The molecule has 1 amide bonds. The van der Waals surface area contributed by atoms with Crippen molar-refractivity contribution in [2.45, 2.75) is 33.2 Å². The number of aromatic nitrogens is 4. The van der Waals surface area contributed by atoms with Crippen LogP contribution in [0.25, 0.3) is 22.6 Å². The molecule has 0 unspecified atom stereocenters. The quantitative estimate of drug-likeness (QED) is 0.359. The highest BCUT2D eigenvalue weighted by molar-refractivity contribution is 7.71. The van der Waals surface area contributed by atoms with Gasteiger partial charge in [0.1, 0.15) is 0 Å². The molecule has 4 aromatic rings. The number of carbonyl (C=O) groups is 1. The predicted octanol–water partition coefficient (Wildman–Crippen LogP) is 5.63. The van der Waals surface area contributed by atoms with Crippen LogP contribution in [0.2, 0.25) is 0 Å². The molecule has 8 heteroatoms. The lowest BCUT2D eigenvalue weighted by Gasteiger charge is -2.07. The van der Waals surface area contributed by atoms with Crippen LogP contribution < -0.4 is 5.32 Å². The SMILES string of the molecule is CCc1ccc(-c2csc(NC(=O)CCn3c(-c4cccc(C)c4)n[nH]c3=S)n2)cc1. The minimum atomic E-state index is -0.111. The summed E-state index contributed by atoms with van der Waals surface area (Å²) in [4.78, 5) is 17.1. The molecule has 0 aliphatic heterocycles. The van der Waals surface area contributed by atoms with Gasteiger partial charge in [-0.25, -0.2) is 4.98 Å². The molecule has 0 fully saturated rings. The molecule has 158 valence electrons. The molecule has 0 atom stereocenters. The third kappa shape index (κ3) is 4.98. The zero-order valence-electron chi connectivity index (χ0n) is 17.4. The Labute approximate surface area is 190 Å². The van der Waals surface area contributed by atoms with Gasteiger partial charge in [0.2, 0.25) is 5.91 Å². The Bertz CT molecular complexity index is 1250. The van der Waals surface area contributed by atoms with Gasteiger partial charge < -0.3 is 5.32 Å². The molecule has 2 aromatic heterocycles. The minimum Gasteiger partial charge on any atom is -0.302 e. The molecule has 2 heterocycles. The maximum absolute atomic E-state index is 12.5. The number of thiazole rings is 1. The van der Waals surface area contributed by atoms with Crippen molar-refractivity contribution < 1.29 is 4.79 Å². The number of aryl methyl sites for hydroxylation is 2. The van der Waals surface area contributed by atoms with Crippen LogP contribution in [0.3, 0.4) is 0 Å². The first-order valence-electron chi connectivity index (χ1n) is 10.1. The van der Waals surface area contributed by atoms with Gasteiger partial charge in [-0.3, -0.25) is 14.5 Å². The summed E-state index contributed by atoms with van der Waals surface area (Å²) >= 11 is 6.79. The van der Waals surface area contributed by atoms with E-state index in [1.54, 1.807) is 0 Å². The fourth-order valence-corrected chi connectivity index (χ4v) is 4.26. The van der Waals surface area contributed by atoms with Crippen molar-refractivity contribution in [3.05, 3.63) is 69.8 Å². The summed E-state index contributed by atoms with van der Waals surface area (Å²) in [6, 6.07) is 16.4. The van der Waals surface area contributed by atoms with E-state index in [4.69, 9.17) is 12.2 Å². The topological polar surface area (TPSA) is 75.6 Å². The highest BCUT2D eigenvalue weighted by Crippen LogP contribution is 2.25. The van der Waals surface area contributed by atoms with Crippen LogP contribution >= 0.6 is 23.6 Å². The number of anilines is 1. The summed E-state index contributed by atoms with van der Waals surface area (Å²) in [6.45, 7) is 4.59. The van der Waals surface area contributed by atoms with Crippen LogP contribution in [-0.4, -0.2) is 25.7 Å². The molecular formula is C23H23N5OS2. The van der Waals surface area contributed by atoms with E-state index >= 15 is 0 Å². The van der Waals surface area contributed by atoms with Gasteiger partial charge >= 0.3 is 0 Å². The number of rotatable bonds is 7. The number of amides is 1. The van der Waals surface area contributed by atoms with Gasteiger partial charge in [0.15, 0.2) is 15.7 Å². The third-order valence-corrected chi connectivity index (χ3v) is 6.07. The Morgan fingerprint density at radius 1 is 1.19 bits per heavy atom. The highest BCUT2D eigenvalue weighted by Gasteiger charge is 2.12. The first kappa shape index (κ1) is 21.1. The lowest BCUT2D eigenvalue weighted by atomic mass is 10.1. The Morgan fingerprint density at radius 3 is 2.74 bits per heavy atom.